The van der Waals surface area contributed by atoms with Crippen LogP contribution in [0.1, 0.15) is 34.1 Å². The molecule has 0 fully saturated rings. The molecule has 0 aliphatic carbocycles. The van der Waals surface area contributed by atoms with E-state index in [1.54, 1.807) is 6.92 Å². The molecular formula is C9H16F4O. The summed E-state index contributed by atoms with van der Waals surface area (Å²) in [6.07, 6.45) is -5.00. The minimum absolute atomic E-state index is 0.268. The van der Waals surface area contributed by atoms with Crippen molar-refractivity contribution >= 4 is 0 Å². The Labute approximate surface area is 81.4 Å². The van der Waals surface area contributed by atoms with Gasteiger partial charge in [0.25, 0.3) is 0 Å². The second-order valence-corrected chi connectivity index (χ2v) is 3.63. The van der Waals surface area contributed by atoms with Crippen molar-refractivity contribution in [3.8, 4) is 0 Å². The van der Waals surface area contributed by atoms with Gasteiger partial charge in [-0.25, -0.2) is 0 Å². The molecule has 0 N–H and O–H groups in total. The Hall–Kier alpha value is -0.320. The maximum Gasteiger partial charge on any atom is 0.419 e. The van der Waals surface area contributed by atoms with Crippen LogP contribution in [-0.4, -0.2) is 18.1 Å². The summed E-state index contributed by atoms with van der Waals surface area (Å²) in [5.41, 5.74) is 0. The van der Waals surface area contributed by atoms with E-state index in [1.807, 2.05) is 0 Å². The third kappa shape index (κ3) is 2.83. The largest absolute Gasteiger partial charge is 0.419 e. The van der Waals surface area contributed by atoms with E-state index in [-0.39, 0.29) is 6.42 Å². The highest BCUT2D eigenvalue weighted by molar-refractivity contribution is 4.80. The van der Waals surface area contributed by atoms with Gasteiger partial charge in [0.2, 0.25) is 0 Å². The Balaban J connectivity index is 4.59. The minimum atomic E-state index is -4.39. The predicted molar refractivity (Wildman–Crippen MR) is 45.6 cm³/mol. The number of hydrogen-bond donors (Lipinski definition) is 0. The molecule has 0 amide bonds. The van der Waals surface area contributed by atoms with Gasteiger partial charge in [-0.1, -0.05) is 20.8 Å². The fourth-order valence-electron chi connectivity index (χ4n) is 0.751. The van der Waals surface area contributed by atoms with Crippen LogP contribution in [-0.2, 0) is 4.74 Å². The van der Waals surface area contributed by atoms with Crippen LogP contribution in [0, 0.1) is 5.92 Å². The molecule has 14 heavy (non-hydrogen) atoms. The van der Waals surface area contributed by atoms with E-state index in [2.05, 4.69) is 4.74 Å². The summed E-state index contributed by atoms with van der Waals surface area (Å²) < 4.78 is 55.8. The van der Waals surface area contributed by atoms with Crippen LogP contribution in [0.3, 0.4) is 0 Å². The highest BCUT2D eigenvalue weighted by Crippen LogP contribution is 2.41. The number of rotatable bonds is 5. The Morgan fingerprint density at radius 1 is 1.07 bits per heavy atom. The first-order valence-corrected chi connectivity index (χ1v) is 4.58. The third-order valence-corrected chi connectivity index (χ3v) is 2.04. The molecular weight excluding hydrogens is 200 g/mol. The summed E-state index contributed by atoms with van der Waals surface area (Å²) in [5, 5.41) is 0. The number of ether oxygens (including phenoxy) is 1. The molecule has 0 aliphatic rings. The van der Waals surface area contributed by atoms with Crippen LogP contribution in [0.5, 0.6) is 0 Å². The summed E-state index contributed by atoms with van der Waals surface area (Å²) in [4.78, 5) is 0. The van der Waals surface area contributed by atoms with E-state index < -0.39 is 24.1 Å². The maximum atomic E-state index is 12.9. The van der Waals surface area contributed by atoms with Crippen molar-refractivity contribution < 1.29 is 22.3 Å². The van der Waals surface area contributed by atoms with Gasteiger partial charge in [0.05, 0.1) is 6.10 Å². The predicted octanol–water partition coefficient (Wildman–Crippen LogP) is 3.69. The van der Waals surface area contributed by atoms with Crippen molar-refractivity contribution in [3.63, 3.8) is 0 Å². The molecule has 0 saturated heterocycles. The van der Waals surface area contributed by atoms with Crippen molar-refractivity contribution in [3.05, 3.63) is 0 Å². The number of alkyl halides is 4. The molecule has 0 aromatic heterocycles. The van der Waals surface area contributed by atoms with Gasteiger partial charge in [-0.05, 0) is 13.3 Å². The molecule has 86 valence electrons. The molecule has 0 rings (SSSR count). The van der Waals surface area contributed by atoms with E-state index in [0.29, 0.717) is 0 Å². The summed E-state index contributed by atoms with van der Waals surface area (Å²) in [6.45, 7) is 5.00. The molecule has 0 aromatic rings. The van der Waals surface area contributed by atoms with Crippen LogP contribution in [0.2, 0.25) is 0 Å². The first-order valence-electron chi connectivity index (χ1n) is 4.58. The van der Waals surface area contributed by atoms with Gasteiger partial charge in [0.15, 0.2) is 0 Å². The molecule has 0 radical (unpaired) electrons. The van der Waals surface area contributed by atoms with E-state index in [4.69, 9.17) is 0 Å². The lowest BCUT2D eigenvalue weighted by Crippen LogP contribution is -2.48. The molecule has 0 spiro atoms. The van der Waals surface area contributed by atoms with Gasteiger partial charge in [-0.2, -0.15) is 17.6 Å². The first-order chi connectivity index (χ1) is 6.15. The Morgan fingerprint density at radius 2 is 1.50 bits per heavy atom. The van der Waals surface area contributed by atoms with E-state index in [1.165, 1.54) is 6.92 Å². The van der Waals surface area contributed by atoms with Gasteiger partial charge < -0.3 is 4.74 Å². The Morgan fingerprint density at radius 3 is 1.79 bits per heavy atom. The second kappa shape index (κ2) is 4.47. The maximum absolute atomic E-state index is 12.9. The summed E-state index contributed by atoms with van der Waals surface area (Å²) >= 11 is 0. The van der Waals surface area contributed by atoms with Gasteiger partial charge in [-0.3, -0.25) is 0 Å². The highest BCUT2D eigenvalue weighted by Gasteiger charge is 2.60. The number of halogens is 4. The molecule has 0 heterocycles. The quantitative estimate of drug-likeness (QED) is 0.637. The highest BCUT2D eigenvalue weighted by atomic mass is 19.3. The molecule has 0 aliphatic heterocycles. The molecule has 1 nitrogen and oxygen atoms in total. The average molecular weight is 216 g/mol. The van der Waals surface area contributed by atoms with E-state index >= 15 is 0 Å². The lowest BCUT2D eigenvalue weighted by molar-refractivity contribution is -0.370. The normalized spacial score (nSPS) is 16.1. The topological polar surface area (TPSA) is 9.23 Å². The monoisotopic (exact) mass is 216 g/mol. The Kier molecular flexibility index (Phi) is 4.36. The first kappa shape index (κ1) is 13.7. The van der Waals surface area contributed by atoms with Crippen molar-refractivity contribution in [2.45, 2.75) is 52.3 Å². The zero-order valence-electron chi connectivity index (χ0n) is 8.78. The average Bonchev–Trinajstić information content (AvgIpc) is 2.02. The smallest absolute Gasteiger partial charge is 0.313 e. The number of hydrogen-bond acceptors (Lipinski definition) is 1. The van der Waals surface area contributed by atoms with Gasteiger partial charge in [0.1, 0.15) is 0 Å². The standard InChI is InChI=1S/C9H16F4O/c1-5-7(4)14-9(12,13)8(10,11)6(2)3/h6-7H,5H2,1-4H3. The Bertz CT molecular complexity index is 180. The molecule has 1 unspecified atom stereocenters. The lowest BCUT2D eigenvalue weighted by atomic mass is 10.1. The van der Waals surface area contributed by atoms with Crippen LogP contribution in [0.25, 0.3) is 0 Å². The van der Waals surface area contributed by atoms with Crippen molar-refractivity contribution in [2.75, 3.05) is 0 Å². The van der Waals surface area contributed by atoms with E-state index in [0.717, 1.165) is 13.8 Å². The van der Waals surface area contributed by atoms with Crippen LogP contribution < -0.4 is 0 Å². The van der Waals surface area contributed by atoms with Gasteiger partial charge in [-0.15, -0.1) is 0 Å². The van der Waals surface area contributed by atoms with Crippen molar-refractivity contribution in [2.24, 2.45) is 5.92 Å². The third-order valence-electron chi connectivity index (χ3n) is 2.04. The zero-order chi connectivity index (χ0) is 11.6. The van der Waals surface area contributed by atoms with Crippen LogP contribution in [0.15, 0.2) is 0 Å². The second-order valence-electron chi connectivity index (χ2n) is 3.63. The lowest BCUT2D eigenvalue weighted by Gasteiger charge is -2.30. The SMILES string of the molecule is CCC(C)OC(F)(F)C(F)(F)C(C)C. The summed E-state index contributed by atoms with van der Waals surface area (Å²) in [5.74, 6) is -5.59. The molecule has 0 aromatic carbocycles. The molecule has 5 heteroatoms. The van der Waals surface area contributed by atoms with Crippen molar-refractivity contribution in [1.82, 2.24) is 0 Å². The van der Waals surface area contributed by atoms with Crippen LogP contribution in [0.4, 0.5) is 17.6 Å². The molecule has 0 saturated carbocycles. The zero-order valence-corrected chi connectivity index (χ0v) is 8.78. The fourth-order valence-corrected chi connectivity index (χ4v) is 0.751. The van der Waals surface area contributed by atoms with E-state index in [9.17, 15) is 17.6 Å². The molecule has 1 atom stereocenters. The fraction of sp³-hybridized carbons (Fsp3) is 1.00. The summed E-state index contributed by atoms with van der Waals surface area (Å²) in [7, 11) is 0. The van der Waals surface area contributed by atoms with Crippen molar-refractivity contribution in [1.29, 1.82) is 0 Å². The minimum Gasteiger partial charge on any atom is -0.313 e. The van der Waals surface area contributed by atoms with Gasteiger partial charge >= 0.3 is 12.0 Å². The van der Waals surface area contributed by atoms with Crippen LogP contribution >= 0.6 is 0 Å². The summed E-state index contributed by atoms with van der Waals surface area (Å²) in [6, 6.07) is 0. The molecule has 0 bridgehead atoms. The van der Waals surface area contributed by atoms with Gasteiger partial charge in [0, 0.05) is 5.92 Å².